The van der Waals surface area contributed by atoms with Crippen LogP contribution < -0.4 is 0 Å². The van der Waals surface area contributed by atoms with Crippen molar-refractivity contribution in [2.75, 3.05) is 0 Å². The molecule has 0 N–H and O–H groups in total. The lowest BCUT2D eigenvalue weighted by atomic mass is 9.67. The number of ether oxygens (including phenoxy) is 1. The highest BCUT2D eigenvalue weighted by atomic mass is 35.5. The lowest BCUT2D eigenvalue weighted by Gasteiger charge is -2.41. The SMILES string of the molecule is CC(C)(C)CC(C)(C)C1(Cl)C(=O)OC(=O)C1Cl. The maximum absolute atomic E-state index is 11.8. The predicted octanol–water partition coefficient (Wildman–Crippen LogP) is 3.12. The Labute approximate surface area is 112 Å². The van der Waals surface area contributed by atoms with Gasteiger partial charge in [0, 0.05) is 0 Å². The van der Waals surface area contributed by atoms with E-state index in [9.17, 15) is 9.59 Å². The van der Waals surface area contributed by atoms with Gasteiger partial charge in [0.05, 0.1) is 0 Å². The van der Waals surface area contributed by atoms with Crippen molar-refractivity contribution in [3.05, 3.63) is 0 Å². The van der Waals surface area contributed by atoms with Gasteiger partial charge in [0.15, 0.2) is 10.3 Å². The van der Waals surface area contributed by atoms with Gasteiger partial charge in [-0.15, -0.1) is 23.2 Å². The Bertz CT molecular complexity index is 357. The second-order valence-corrected chi connectivity index (χ2v) is 7.44. The van der Waals surface area contributed by atoms with Gasteiger partial charge in [-0.1, -0.05) is 34.6 Å². The molecule has 2 unspecified atom stereocenters. The number of cyclic esters (lactones) is 2. The van der Waals surface area contributed by atoms with Crippen molar-refractivity contribution in [1.29, 1.82) is 0 Å². The molecular weight excluding hydrogens is 263 g/mol. The Morgan fingerprint density at radius 2 is 1.71 bits per heavy atom. The quantitative estimate of drug-likeness (QED) is 0.444. The minimum atomic E-state index is -1.49. The number of halogens is 2. The molecule has 0 spiro atoms. The van der Waals surface area contributed by atoms with Crippen LogP contribution in [-0.2, 0) is 14.3 Å². The van der Waals surface area contributed by atoms with Crippen LogP contribution in [0.3, 0.4) is 0 Å². The van der Waals surface area contributed by atoms with E-state index in [-0.39, 0.29) is 5.41 Å². The Morgan fingerprint density at radius 1 is 1.24 bits per heavy atom. The number of hydrogen-bond acceptors (Lipinski definition) is 3. The fraction of sp³-hybridized carbons (Fsp3) is 0.833. The van der Waals surface area contributed by atoms with E-state index < -0.39 is 27.6 Å². The number of carbonyl (C=O) groups is 2. The third kappa shape index (κ3) is 2.45. The van der Waals surface area contributed by atoms with Gasteiger partial charge in [0.2, 0.25) is 0 Å². The molecule has 0 aliphatic carbocycles. The second-order valence-electron chi connectivity index (χ2n) is 6.40. The van der Waals surface area contributed by atoms with E-state index in [1.54, 1.807) is 0 Å². The summed E-state index contributed by atoms with van der Waals surface area (Å²) in [6, 6.07) is 0. The van der Waals surface area contributed by atoms with Crippen LogP contribution in [0.15, 0.2) is 0 Å². The van der Waals surface area contributed by atoms with Crippen LogP contribution in [0.2, 0.25) is 0 Å². The van der Waals surface area contributed by atoms with E-state index in [1.165, 1.54) is 0 Å². The van der Waals surface area contributed by atoms with E-state index in [1.807, 2.05) is 34.6 Å². The summed E-state index contributed by atoms with van der Waals surface area (Å²) < 4.78 is 4.55. The predicted molar refractivity (Wildman–Crippen MR) is 67.2 cm³/mol. The first kappa shape index (κ1) is 14.8. The lowest BCUT2D eigenvalue weighted by Crippen LogP contribution is -2.51. The molecule has 1 aliphatic heterocycles. The lowest BCUT2D eigenvalue weighted by molar-refractivity contribution is -0.153. The van der Waals surface area contributed by atoms with Gasteiger partial charge in [-0.3, -0.25) is 0 Å². The molecule has 1 aliphatic rings. The van der Waals surface area contributed by atoms with Crippen molar-refractivity contribution in [3.8, 4) is 0 Å². The molecule has 98 valence electrons. The fourth-order valence-electron chi connectivity index (χ4n) is 2.56. The van der Waals surface area contributed by atoms with E-state index in [0.29, 0.717) is 6.42 Å². The number of carbonyl (C=O) groups excluding carboxylic acids is 2. The van der Waals surface area contributed by atoms with Crippen molar-refractivity contribution in [1.82, 2.24) is 0 Å². The Hall–Kier alpha value is -0.280. The molecule has 0 aromatic rings. The number of rotatable bonds is 2. The normalized spacial score (nSPS) is 30.6. The first-order chi connectivity index (χ1) is 7.42. The van der Waals surface area contributed by atoms with Crippen molar-refractivity contribution in [2.24, 2.45) is 10.8 Å². The molecule has 0 aromatic heterocycles. The molecule has 0 saturated carbocycles. The third-order valence-corrected chi connectivity index (χ3v) is 4.51. The Balaban J connectivity index is 3.12. The number of alkyl halides is 2. The molecule has 0 amide bonds. The van der Waals surface area contributed by atoms with Gasteiger partial charge in [-0.2, -0.15) is 0 Å². The van der Waals surface area contributed by atoms with E-state index in [0.717, 1.165) is 0 Å². The van der Waals surface area contributed by atoms with Crippen molar-refractivity contribution >= 4 is 35.1 Å². The maximum Gasteiger partial charge on any atom is 0.337 e. The van der Waals surface area contributed by atoms with Gasteiger partial charge >= 0.3 is 11.9 Å². The highest BCUT2D eigenvalue weighted by molar-refractivity contribution is 6.48. The van der Waals surface area contributed by atoms with Crippen LogP contribution in [0.4, 0.5) is 0 Å². The molecule has 2 atom stereocenters. The highest BCUT2D eigenvalue weighted by Gasteiger charge is 2.64. The van der Waals surface area contributed by atoms with Gasteiger partial charge < -0.3 is 4.74 Å². The molecule has 3 nitrogen and oxygen atoms in total. The average Bonchev–Trinajstić information content (AvgIpc) is 2.27. The summed E-state index contributed by atoms with van der Waals surface area (Å²) >= 11 is 12.3. The van der Waals surface area contributed by atoms with Gasteiger partial charge in [0.1, 0.15) is 0 Å². The standard InChI is InChI=1S/C12H18Cl2O3/c1-10(2,3)6-11(4,5)12(14)7(13)8(15)17-9(12)16/h7H,6H2,1-5H3. The van der Waals surface area contributed by atoms with Crippen molar-refractivity contribution < 1.29 is 14.3 Å². The summed E-state index contributed by atoms with van der Waals surface area (Å²) in [5.41, 5.74) is -0.670. The molecule has 1 fully saturated rings. The van der Waals surface area contributed by atoms with Gasteiger partial charge in [-0.25, -0.2) is 9.59 Å². The van der Waals surface area contributed by atoms with Gasteiger partial charge in [0.25, 0.3) is 0 Å². The monoisotopic (exact) mass is 280 g/mol. The summed E-state index contributed by atoms with van der Waals surface area (Å²) in [5.74, 6) is -1.49. The zero-order valence-corrected chi connectivity index (χ0v) is 12.3. The van der Waals surface area contributed by atoms with Crippen LogP contribution >= 0.6 is 23.2 Å². The Morgan fingerprint density at radius 3 is 2.00 bits per heavy atom. The average molecular weight is 281 g/mol. The number of hydrogen-bond donors (Lipinski definition) is 0. The summed E-state index contributed by atoms with van der Waals surface area (Å²) in [6.07, 6.45) is 0.648. The highest BCUT2D eigenvalue weighted by Crippen LogP contribution is 2.51. The number of esters is 2. The molecule has 0 radical (unpaired) electrons. The smallest absolute Gasteiger partial charge is 0.337 e. The molecule has 1 saturated heterocycles. The first-order valence-electron chi connectivity index (χ1n) is 5.51. The molecule has 0 bridgehead atoms. The fourth-order valence-corrected chi connectivity index (χ4v) is 3.18. The minimum Gasteiger partial charge on any atom is -0.391 e. The molecule has 1 rings (SSSR count). The van der Waals surface area contributed by atoms with Crippen LogP contribution in [0, 0.1) is 10.8 Å². The van der Waals surface area contributed by atoms with E-state index in [2.05, 4.69) is 4.74 Å². The van der Waals surface area contributed by atoms with Crippen LogP contribution in [-0.4, -0.2) is 22.2 Å². The van der Waals surface area contributed by atoms with Crippen LogP contribution in [0.1, 0.15) is 41.0 Å². The maximum atomic E-state index is 11.8. The van der Waals surface area contributed by atoms with E-state index >= 15 is 0 Å². The second kappa shape index (κ2) is 4.13. The third-order valence-electron chi connectivity index (χ3n) is 3.00. The first-order valence-corrected chi connectivity index (χ1v) is 6.32. The topological polar surface area (TPSA) is 43.4 Å². The zero-order chi connectivity index (χ0) is 13.6. The molecule has 17 heavy (non-hydrogen) atoms. The Kier molecular flexibility index (Phi) is 3.59. The molecule has 0 aromatic carbocycles. The van der Waals surface area contributed by atoms with Crippen molar-refractivity contribution in [3.63, 3.8) is 0 Å². The zero-order valence-electron chi connectivity index (χ0n) is 10.8. The summed E-state index contributed by atoms with van der Waals surface area (Å²) in [6.45, 7) is 9.79. The van der Waals surface area contributed by atoms with Crippen LogP contribution in [0.25, 0.3) is 0 Å². The molecule has 5 heteroatoms. The minimum absolute atomic E-state index is 0.0338. The van der Waals surface area contributed by atoms with E-state index in [4.69, 9.17) is 23.2 Å². The summed E-state index contributed by atoms with van der Waals surface area (Å²) in [5, 5.41) is -1.13. The molecular formula is C12H18Cl2O3. The van der Waals surface area contributed by atoms with Gasteiger partial charge in [-0.05, 0) is 17.3 Å². The van der Waals surface area contributed by atoms with Crippen LogP contribution in [0.5, 0.6) is 0 Å². The summed E-state index contributed by atoms with van der Waals surface area (Å²) in [4.78, 5) is 21.7. The summed E-state index contributed by atoms with van der Waals surface area (Å²) in [7, 11) is 0. The van der Waals surface area contributed by atoms with Crippen molar-refractivity contribution in [2.45, 2.75) is 51.3 Å². The largest absolute Gasteiger partial charge is 0.391 e. The molecule has 1 heterocycles.